The van der Waals surface area contributed by atoms with Crippen molar-refractivity contribution in [1.29, 1.82) is 0 Å². The molecule has 4 nitrogen and oxygen atoms in total. The van der Waals surface area contributed by atoms with Gasteiger partial charge in [0.2, 0.25) is 0 Å². The number of benzene rings is 1. The zero-order chi connectivity index (χ0) is 13.3. The summed E-state index contributed by atoms with van der Waals surface area (Å²) in [6.07, 6.45) is 0.884. The van der Waals surface area contributed by atoms with Crippen LogP contribution in [-0.4, -0.2) is 24.3 Å². The van der Waals surface area contributed by atoms with Gasteiger partial charge in [-0.1, -0.05) is 0 Å². The van der Waals surface area contributed by atoms with E-state index in [0.717, 1.165) is 22.9 Å². The minimum Gasteiger partial charge on any atom is -0.489 e. The Morgan fingerprint density at radius 1 is 1.50 bits per heavy atom. The molecule has 0 aromatic heterocycles. The maximum atomic E-state index is 11.4. The molecule has 2 rings (SSSR count). The van der Waals surface area contributed by atoms with Crippen LogP contribution in [0.3, 0.4) is 0 Å². The Bertz CT molecular complexity index is 468. The number of aliphatic hydroxyl groups excluding tert-OH is 1. The predicted octanol–water partition coefficient (Wildman–Crippen LogP) is 2.51. The topological polar surface area (TPSA) is 55.8 Å². The first-order chi connectivity index (χ1) is 8.52. The largest absolute Gasteiger partial charge is 0.489 e. The fourth-order valence-electron chi connectivity index (χ4n) is 1.67. The van der Waals surface area contributed by atoms with E-state index in [1.54, 1.807) is 6.07 Å². The molecule has 1 aromatic rings. The highest BCUT2D eigenvalue weighted by Crippen LogP contribution is 2.38. The van der Waals surface area contributed by atoms with Crippen LogP contribution >= 0.6 is 15.9 Å². The first-order valence-electron chi connectivity index (χ1n) is 5.75. The van der Waals surface area contributed by atoms with Crippen LogP contribution < -0.4 is 4.74 Å². The quantitative estimate of drug-likeness (QED) is 0.868. The molecule has 0 amide bonds. The van der Waals surface area contributed by atoms with E-state index >= 15 is 0 Å². The molecular formula is C13H15BrO4. The summed E-state index contributed by atoms with van der Waals surface area (Å²) in [5.74, 6) is -0.158. The van der Waals surface area contributed by atoms with Crippen LogP contribution in [0.25, 0.3) is 0 Å². The van der Waals surface area contributed by atoms with Crippen molar-refractivity contribution in [3.05, 3.63) is 27.7 Å². The number of ether oxygens (including phenoxy) is 2. The number of methoxy groups -OCH3 is 1. The molecule has 0 spiro atoms. The number of hydrogen-bond donors (Lipinski definition) is 1. The van der Waals surface area contributed by atoms with Crippen LogP contribution in [0.5, 0.6) is 5.75 Å². The molecule has 0 aliphatic heterocycles. The number of esters is 1. The minimum atomic E-state index is -1.32. The summed E-state index contributed by atoms with van der Waals surface area (Å²) in [6, 6.07) is 3.63. The van der Waals surface area contributed by atoms with E-state index < -0.39 is 12.1 Å². The van der Waals surface area contributed by atoms with Crippen molar-refractivity contribution >= 4 is 21.9 Å². The van der Waals surface area contributed by atoms with Gasteiger partial charge in [-0.15, -0.1) is 0 Å². The monoisotopic (exact) mass is 314 g/mol. The fourth-order valence-corrected chi connectivity index (χ4v) is 2.36. The SMILES string of the molecule is COC(=O)C(O)c1cc(C)cc(Br)c1OC1CC1. The van der Waals surface area contributed by atoms with E-state index in [9.17, 15) is 9.90 Å². The van der Waals surface area contributed by atoms with Crippen LogP contribution in [0.4, 0.5) is 0 Å². The molecular weight excluding hydrogens is 300 g/mol. The summed E-state index contributed by atoms with van der Waals surface area (Å²) < 4.78 is 11.0. The van der Waals surface area contributed by atoms with Crippen LogP contribution in [0, 0.1) is 6.92 Å². The molecule has 18 heavy (non-hydrogen) atoms. The maximum Gasteiger partial charge on any atom is 0.339 e. The zero-order valence-corrected chi connectivity index (χ0v) is 11.9. The van der Waals surface area contributed by atoms with Crippen molar-refractivity contribution in [3.63, 3.8) is 0 Å². The highest BCUT2D eigenvalue weighted by molar-refractivity contribution is 9.10. The molecule has 1 N–H and O–H groups in total. The molecule has 1 aromatic carbocycles. The van der Waals surface area contributed by atoms with E-state index in [2.05, 4.69) is 20.7 Å². The van der Waals surface area contributed by atoms with Gasteiger partial charge < -0.3 is 14.6 Å². The Kier molecular flexibility index (Phi) is 3.92. The maximum absolute atomic E-state index is 11.4. The molecule has 1 saturated carbocycles. The number of halogens is 1. The van der Waals surface area contributed by atoms with Crippen molar-refractivity contribution in [2.45, 2.75) is 32.0 Å². The minimum absolute atomic E-state index is 0.188. The first-order valence-corrected chi connectivity index (χ1v) is 6.55. The summed E-state index contributed by atoms with van der Waals surface area (Å²) in [4.78, 5) is 11.4. The number of carbonyl (C=O) groups excluding carboxylic acids is 1. The second-order valence-electron chi connectivity index (χ2n) is 4.41. The Morgan fingerprint density at radius 3 is 2.72 bits per heavy atom. The van der Waals surface area contributed by atoms with Crippen LogP contribution in [0.2, 0.25) is 0 Å². The highest BCUT2D eigenvalue weighted by atomic mass is 79.9. The molecule has 98 valence electrons. The van der Waals surface area contributed by atoms with Crippen molar-refractivity contribution in [2.75, 3.05) is 7.11 Å². The lowest BCUT2D eigenvalue weighted by atomic mass is 10.1. The van der Waals surface area contributed by atoms with E-state index in [1.165, 1.54) is 7.11 Å². The number of aryl methyl sites for hydroxylation is 1. The summed E-state index contributed by atoms with van der Waals surface area (Å²) in [5, 5.41) is 9.98. The average Bonchev–Trinajstić information content (AvgIpc) is 3.14. The third-order valence-electron chi connectivity index (χ3n) is 2.74. The van der Waals surface area contributed by atoms with Gasteiger partial charge in [-0.25, -0.2) is 4.79 Å². The Balaban J connectivity index is 2.38. The van der Waals surface area contributed by atoms with Gasteiger partial charge in [0, 0.05) is 5.56 Å². The van der Waals surface area contributed by atoms with Crippen molar-refractivity contribution in [1.82, 2.24) is 0 Å². The molecule has 0 heterocycles. The summed E-state index contributed by atoms with van der Waals surface area (Å²) in [6.45, 7) is 1.89. The zero-order valence-electron chi connectivity index (χ0n) is 10.3. The van der Waals surface area contributed by atoms with Gasteiger partial charge in [-0.2, -0.15) is 0 Å². The molecule has 5 heteroatoms. The van der Waals surface area contributed by atoms with E-state index in [-0.39, 0.29) is 6.10 Å². The second-order valence-corrected chi connectivity index (χ2v) is 5.26. The van der Waals surface area contributed by atoms with Crippen molar-refractivity contribution < 1.29 is 19.4 Å². The molecule has 1 atom stereocenters. The lowest BCUT2D eigenvalue weighted by molar-refractivity contribution is -0.150. The molecule has 1 aliphatic carbocycles. The van der Waals surface area contributed by atoms with Gasteiger partial charge in [0.05, 0.1) is 17.7 Å². The normalized spacial score (nSPS) is 16.2. The molecule has 1 unspecified atom stereocenters. The lowest BCUT2D eigenvalue weighted by Gasteiger charge is -2.17. The predicted molar refractivity (Wildman–Crippen MR) is 69.5 cm³/mol. The number of aliphatic hydroxyl groups is 1. The summed E-state index contributed by atoms with van der Waals surface area (Å²) in [7, 11) is 1.25. The summed E-state index contributed by atoms with van der Waals surface area (Å²) in [5.41, 5.74) is 1.38. The van der Waals surface area contributed by atoms with Gasteiger partial charge in [0.1, 0.15) is 5.75 Å². The highest BCUT2D eigenvalue weighted by Gasteiger charge is 2.29. The molecule has 0 bridgehead atoms. The van der Waals surface area contributed by atoms with E-state index in [4.69, 9.17) is 4.74 Å². The Labute approximate surface area is 114 Å². The third kappa shape index (κ3) is 2.84. The molecule has 0 radical (unpaired) electrons. The van der Waals surface area contributed by atoms with Gasteiger partial charge in [-0.3, -0.25) is 0 Å². The number of hydrogen-bond acceptors (Lipinski definition) is 4. The number of carbonyl (C=O) groups is 1. The smallest absolute Gasteiger partial charge is 0.339 e. The number of rotatable bonds is 4. The lowest BCUT2D eigenvalue weighted by Crippen LogP contribution is -2.15. The van der Waals surface area contributed by atoms with Crippen LogP contribution in [-0.2, 0) is 9.53 Å². The van der Waals surface area contributed by atoms with Gasteiger partial charge in [-0.05, 0) is 53.4 Å². The Hall–Kier alpha value is -1.07. The molecule has 1 aliphatic rings. The standard InChI is InChI=1S/C13H15BrO4/c1-7-5-9(11(15)13(16)17-2)12(10(14)6-7)18-8-3-4-8/h5-6,8,11,15H,3-4H2,1-2H3. The fraction of sp³-hybridized carbons (Fsp3) is 0.462. The van der Waals surface area contributed by atoms with Crippen molar-refractivity contribution in [2.24, 2.45) is 0 Å². The summed E-state index contributed by atoms with van der Waals surface area (Å²) >= 11 is 3.41. The van der Waals surface area contributed by atoms with Crippen LogP contribution in [0.15, 0.2) is 16.6 Å². The second kappa shape index (κ2) is 5.28. The third-order valence-corrected chi connectivity index (χ3v) is 3.33. The van der Waals surface area contributed by atoms with Gasteiger partial charge in [0.15, 0.2) is 6.10 Å². The van der Waals surface area contributed by atoms with E-state index in [1.807, 2.05) is 13.0 Å². The average molecular weight is 315 g/mol. The van der Waals surface area contributed by atoms with Crippen molar-refractivity contribution in [3.8, 4) is 5.75 Å². The molecule has 0 saturated heterocycles. The van der Waals surface area contributed by atoms with E-state index in [0.29, 0.717) is 11.3 Å². The van der Waals surface area contributed by atoms with Crippen LogP contribution in [0.1, 0.15) is 30.1 Å². The Morgan fingerprint density at radius 2 is 2.17 bits per heavy atom. The van der Waals surface area contributed by atoms with Gasteiger partial charge >= 0.3 is 5.97 Å². The first kappa shape index (κ1) is 13.4. The van der Waals surface area contributed by atoms with Gasteiger partial charge in [0.25, 0.3) is 0 Å². The molecule has 1 fully saturated rings.